The van der Waals surface area contributed by atoms with E-state index in [4.69, 9.17) is 14.2 Å². The molecular weight excluding hydrogens is 444 g/mol. The quantitative estimate of drug-likeness (QED) is 0.284. The lowest BCUT2D eigenvalue weighted by Gasteiger charge is -2.27. The topological polar surface area (TPSA) is 127 Å². The van der Waals surface area contributed by atoms with Gasteiger partial charge in [0.15, 0.2) is 0 Å². The van der Waals surface area contributed by atoms with Crippen LogP contribution in [-0.4, -0.2) is 106 Å². The van der Waals surface area contributed by atoms with E-state index in [2.05, 4.69) is 15.5 Å². The predicted octanol–water partition coefficient (Wildman–Crippen LogP) is 0.111. The Morgan fingerprint density at radius 3 is 2.32 bits per heavy atom. The minimum atomic E-state index is -0.986. The third kappa shape index (κ3) is 6.60. The van der Waals surface area contributed by atoms with Crippen LogP contribution in [-0.2, 0) is 23.8 Å². The van der Waals surface area contributed by atoms with Gasteiger partial charge in [-0.25, -0.2) is 0 Å². The van der Waals surface area contributed by atoms with Gasteiger partial charge >= 0.3 is 0 Å². The zero-order valence-electron chi connectivity index (χ0n) is 19.6. The van der Waals surface area contributed by atoms with Crippen molar-refractivity contribution in [3.05, 3.63) is 29.3 Å². The number of piperidine rings is 1. The van der Waals surface area contributed by atoms with Crippen LogP contribution in [0.1, 0.15) is 33.6 Å². The summed E-state index contributed by atoms with van der Waals surface area (Å²) in [7, 11) is 3.98. The summed E-state index contributed by atoms with van der Waals surface area (Å²) in [5.41, 5.74) is 0.969. The summed E-state index contributed by atoms with van der Waals surface area (Å²) in [6.45, 7) is 4.26. The van der Waals surface area contributed by atoms with Gasteiger partial charge in [0, 0.05) is 25.2 Å². The smallest absolute Gasteiger partial charge is 0.264 e. The molecule has 0 saturated carbocycles. The average molecular weight is 477 g/mol. The fraction of sp³-hybridized carbons (Fsp3) is 0.565. The molecule has 1 atom stereocenters. The van der Waals surface area contributed by atoms with Crippen LogP contribution in [0, 0.1) is 0 Å². The summed E-state index contributed by atoms with van der Waals surface area (Å²) in [6.07, 6.45) is 0.205. The number of fused-ring (bicyclic) bond motifs is 1. The van der Waals surface area contributed by atoms with Crippen molar-refractivity contribution in [2.24, 2.45) is 0 Å². The second-order valence-corrected chi connectivity index (χ2v) is 8.24. The highest BCUT2D eigenvalue weighted by Gasteiger charge is 2.45. The standard InChI is InChI=1S/C23H32N4O7/c1-26(2)9-11-33-13-15-34-14-12-32-10-8-24-17-5-3-4-16-20(17)23(31)27(22(16)30)18-6-7-19(28)25-21(18)29/h3-5,18,24H,6-15H2,1-2H3,(H,25,28,29). The summed E-state index contributed by atoms with van der Waals surface area (Å²) in [5.74, 6) is -2.10. The number of nitrogens with zero attached hydrogens (tertiary/aromatic N) is 2. The first-order valence-corrected chi connectivity index (χ1v) is 11.4. The number of likely N-dealkylation sites (N-methyl/N-ethyl adjacent to an activating group) is 1. The van der Waals surface area contributed by atoms with E-state index < -0.39 is 29.7 Å². The van der Waals surface area contributed by atoms with E-state index in [1.54, 1.807) is 18.2 Å². The highest BCUT2D eigenvalue weighted by Crippen LogP contribution is 2.32. The zero-order chi connectivity index (χ0) is 24.5. The number of carbonyl (C=O) groups excluding carboxylic acids is 4. The Balaban J connectivity index is 1.40. The number of hydrogen-bond donors (Lipinski definition) is 2. The first-order valence-electron chi connectivity index (χ1n) is 11.4. The first-order chi connectivity index (χ1) is 16.4. The molecule has 1 aromatic rings. The highest BCUT2D eigenvalue weighted by atomic mass is 16.5. The summed E-state index contributed by atoms with van der Waals surface area (Å²) >= 11 is 0. The molecule has 0 bridgehead atoms. The molecule has 1 fully saturated rings. The van der Waals surface area contributed by atoms with Gasteiger partial charge in [-0.15, -0.1) is 0 Å². The van der Waals surface area contributed by atoms with Gasteiger partial charge in [0.2, 0.25) is 11.8 Å². The van der Waals surface area contributed by atoms with Gasteiger partial charge in [-0.2, -0.15) is 0 Å². The molecule has 11 nitrogen and oxygen atoms in total. The third-order valence-electron chi connectivity index (χ3n) is 5.46. The lowest BCUT2D eigenvalue weighted by atomic mass is 10.0. The number of nitrogens with one attached hydrogen (secondary N) is 2. The molecule has 0 aromatic heterocycles. The summed E-state index contributed by atoms with van der Waals surface area (Å²) in [5, 5.41) is 5.32. The SMILES string of the molecule is CN(C)CCOCCOCCOCCNc1cccc2c1C(=O)N(C1CCC(=O)NC1=O)C2=O. The van der Waals surface area contributed by atoms with Gasteiger partial charge in [-0.1, -0.05) is 6.07 Å². The number of ether oxygens (including phenoxy) is 3. The molecule has 11 heteroatoms. The van der Waals surface area contributed by atoms with Crippen LogP contribution >= 0.6 is 0 Å². The monoisotopic (exact) mass is 476 g/mol. The summed E-state index contributed by atoms with van der Waals surface area (Å²) < 4.78 is 16.4. The Labute approximate surface area is 198 Å². The molecule has 3 rings (SSSR count). The molecule has 0 radical (unpaired) electrons. The molecule has 34 heavy (non-hydrogen) atoms. The zero-order valence-corrected chi connectivity index (χ0v) is 19.6. The largest absolute Gasteiger partial charge is 0.382 e. The summed E-state index contributed by atoms with van der Waals surface area (Å²) in [6, 6.07) is 3.96. The second kappa shape index (κ2) is 12.6. The molecule has 186 valence electrons. The van der Waals surface area contributed by atoms with Gasteiger partial charge in [-0.05, 0) is 32.6 Å². The number of benzene rings is 1. The van der Waals surface area contributed by atoms with Gasteiger partial charge in [0.1, 0.15) is 6.04 Å². The van der Waals surface area contributed by atoms with Crippen LogP contribution in [0.2, 0.25) is 0 Å². The van der Waals surface area contributed by atoms with E-state index in [1.165, 1.54) is 0 Å². The molecule has 0 spiro atoms. The number of amides is 4. The highest BCUT2D eigenvalue weighted by molar-refractivity contribution is 6.25. The maximum absolute atomic E-state index is 13.0. The Morgan fingerprint density at radius 2 is 1.65 bits per heavy atom. The van der Waals surface area contributed by atoms with Crippen molar-refractivity contribution in [1.82, 2.24) is 15.1 Å². The van der Waals surface area contributed by atoms with Crippen LogP contribution in [0.25, 0.3) is 0 Å². The van der Waals surface area contributed by atoms with Crippen LogP contribution in [0.5, 0.6) is 0 Å². The molecular formula is C23H32N4O7. The van der Waals surface area contributed by atoms with E-state index in [-0.39, 0.29) is 24.0 Å². The van der Waals surface area contributed by atoms with E-state index in [1.807, 2.05) is 14.1 Å². The van der Waals surface area contributed by atoms with E-state index in [9.17, 15) is 19.2 Å². The van der Waals surface area contributed by atoms with Crippen molar-refractivity contribution < 1.29 is 33.4 Å². The van der Waals surface area contributed by atoms with E-state index in [0.29, 0.717) is 51.9 Å². The van der Waals surface area contributed by atoms with Crippen molar-refractivity contribution in [3.8, 4) is 0 Å². The number of carbonyl (C=O) groups is 4. The van der Waals surface area contributed by atoms with Crippen molar-refractivity contribution in [2.75, 3.05) is 72.1 Å². The Morgan fingerprint density at radius 1 is 0.971 bits per heavy atom. The first kappa shape index (κ1) is 25.8. The molecule has 0 aliphatic carbocycles. The van der Waals surface area contributed by atoms with Gasteiger partial charge in [0.25, 0.3) is 11.8 Å². The summed E-state index contributed by atoms with van der Waals surface area (Å²) in [4.78, 5) is 52.5. The van der Waals surface area contributed by atoms with E-state index in [0.717, 1.165) is 11.4 Å². The fourth-order valence-electron chi connectivity index (χ4n) is 3.71. The van der Waals surface area contributed by atoms with Gasteiger partial charge in [-0.3, -0.25) is 29.4 Å². The van der Waals surface area contributed by atoms with Crippen molar-refractivity contribution in [1.29, 1.82) is 0 Å². The fourth-order valence-corrected chi connectivity index (χ4v) is 3.71. The normalized spacial score (nSPS) is 18.0. The number of rotatable bonds is 14. The molecule has 2 aliphatic rings. The molecule has 2 aliphatic heterocycles. The van der Waals surface area contributed by atoms with Crippen LogP contribution in [0.3, 0.4) is 0 Å². The van der Waals surface area contributed by atoms with E-state index >= 15 is 0 Å². The third-order valence-corrected chi connectivity index (χ3v) is 5.46. The number of hydrogen-bond acceptors (Lipinski definition) is 9. The number of imide groups is 2. The molecule has 4 amide bonds. The molecule has 2 heterocycles. The Hall–Kier alpha value is -2.86. The van der Waals surface area contributed by atoms with Crippen LogP contribution in [0.4, 0.5) is 5.69 Å². The second-order valence-electron chi connectivity index (χ2n) is 8.24. The lowest BCUT2D eigenvalue weighted by molar-refractivity contribution is -0.136. The maximum atomic E-state index is 13.0. The van der Waals surface area contributed by atoms with Crippen LogP contribution in [0.15, 0.2) is 18.2 Å². The van der Waals surface area contributed by atoms with Crippen molar-refractivity contribution in [3.63, 3.8) is 0 Å². The molecule has 1 unspecified atom stereocenters. The van der Waals surface area contributed by atoms with Crippen LogP contribution < -0.4 is 10.6 Å². The molecule has 1 saturated heterocycles. The molecule has 1 aromatic carbocycles. The van der Waals surface area contributed by atoms with Crippen molar-refractivity contribution >= 4 is 29.3 Å². The Kier molecular flexibility index (Phi) is 9.52. The molecule has 2 N–H and O–H groups in total. The maximum Gasteiger partial charge on any atom is 0.264 e. The van der Waals surface area contributed by atoms with Crippen molar-refractivity contribution in [2.45, 2.75) is 18.9 Å². The minimum absolute atomic E-state index is 0.0828. The Bertz CT molecular complexity index is 905. The average Bonchev–Trinajstić information content (AvgIpc) is 3.05. The van der Waals surface area contributed by atoms with Gasteiger partial charge < -0.3 is 24.4 Å². The number of anilines is 1. The predicted molar refractivity (Wildman–Crippen MR) is 123 cm³/mol. The van der Waals surface area contributed by atoms with Gasteiger partial charge in [0.05, 0.1) is 50.8 Å². The lowest BCUT2D eigenvalue weighted by Crippen LogP contribution is -2.54. The minimum Gasteiger partial charge on any atom is -0.382 e.